The summed E-state index contributed by atoms with van der Waals surface area (Å²) < 4.78 is 1.80. The number of nitrogen functional groups attached to an aromatic ring is 1. The van der Waals surface area contributed by atoms with E-state index in [0.717, 1.165) is 17.1 Å². The first-order valence-electron chi connectivity index (χ1n) is 4.42. The van der Waals surface area contributed by atoms with Crippen LogP contribution in [0.4, 0.5) is 5.69 Å². The quantitative estimate of drug-likeness (QED) is 0.737. The van der Waals surface area contributed by atoms with Gasteiger partial charge in [-0.05, 0) is 26.0 Å². The van der Waals surface area contributed by atoms with Gasteiger partial charge in [0.05, 0.1) is 29.0 Å². The van der Waals surface area contributed by atoms with Crippen LogP contribution in [-0.2, 0) is 0 Å². The Balaban J connectivity index is 2.60. The van der Waals surface area contributed by atoms with Gasteiger partial charge in [-0.15, -0.1) is 0 Å². The van der Waals surface area contributed by atoms with Crippen molar-refractivity contribution in [3.8, 4) is 5.69 Å². The van der Waals surface area contributed by atoms with Crippen molar-refractivity contribution in [1.82, 2.24) is 14.8 Å². The van der Waals surface area contributed by atoms with Gasteiger partial charge < -0.3 is 5.73 Å². The highest BCUT2D eigenvalue weighted by Gasteiger charge is 2.07. The van der Waals surface area contributed by atoms with Crippen molar-refractivity contribution in [2.75, 3.05) is 5.73 Å². The third-order valence-corrected chi connectivity index (χ3v) is 2.25. The van der Waals surface area contributed by atoms with E-state index in [9.17, 15) is 0 Å². The summed E-state index contributed by atoms with van der Waals surface area (Å²) >= 11 is 0. The van der Waals surface area contributed by atoms with Gasteiger partial charge in [0, 0.05) is 6.20 Å². The number of pyridine rings is 1. The number of anilines is 1. The maximum atomic E-state index is 5.72. The van der Waals surface area contributed by atoms with Crippen molar-refractivity contribution < 1.29 is 0 Å². The molecule has 2 rings (SSSR count). The Morgan fingerprint density at radius 2 is 2.14 bits per heavy atom. The van der Waals surface area contributed by atoms with E-state index in [1.807, 2.05) is 26.0 Å². The van der Waals surface area contributed by atoms with Crippen LogP contribution in [0.1, 0.15) is 11.4 Å². The van der Waals surface area contributed by atoms with E-state index in [1.54, 1.807) is 17.1 Å². The lowest BCUT2D eigenvalue weighted by molar-refractivity contribution is 0.832. The second-order valence-corrected chi connectivity index (χ2v) is 3.21. The Morgan fingerprint density at radius 1 is 1.36 bits per heavy atom. The van der Waals surface area contributed by atoms with Gasteiger partial charge in [-0.1, -0.05) is 0 Å². The van der Waals surface area contributed by atoms with Crippen LogP contribution in [0.5, 0.6) is 0 Å². The van der Waals surface area contributed by atoms with Crippen molar-refractivity contribution in [3.05, 3.63) is 35.9 Å². The number of aromatic nitrogens is 3. The van der Waals surface area contributed by atoms with Gasteiger partial charge in [-0.2, -0.15) is 5.10 Å². The molecule has 0 atom stereocenters. The summed E-state index contributed by atoms with van der Waals surface area (Å²) in [5, 5.41) is 4.20. The molecule has 2 N–H and O–H groups in total. The molecule has 14 heavy (non-hydrogen) atoms. The predicted octanol–water partition coefficient (Wildman–Crippen LogP) is 1.47. The fraction of sp³-hybridized carbons (Fsp3) is 0.200. The third-order valence-electron chi connectivity index (χ3n) is 2.25. The molecule has 0 fully saturated rings. The summed E-state index contributed by atoms with van der Waals surface area (Å²) in [4.78, 5) is 4.20. The Hall–Kier alpha value is -1.84. The first-order chi connectivity index (χ1) is 6.70. The summed E-state index contributed by atoms with van der Waals surface area (Å²) in [6.45, 7) is 3.89. The summed E-state index contributed by atoms with van der Waals surface area (Å²) in [6, 6.07) is 3.86. The molecular weight excluding hydrogens is 176 g/mol. The molecule has 72 valence electrons. The molecule has 0 spiro atoms. The minimum atomic E-state index is 0.702. The van der Waals surface area contributed by atoms with Crippen molar-refractivity contribution in [2.45, 2.75) is 13.8 Å². The molecule has 2 heterocycles. The van der Waals surface area contributed by atoms with E-state index in [1.165, 1.54) is 0 Å². The van der Waals surface area contributed by atoms with Gasteiger partial charge in [0.25, 0.3) is 0 Å². The number of rotatable bonds is 1. The monoisotopic (exact) mass is 188 g/mol. The Morgan fingerprint density at radius 3 is 2.71 bits per heavy atom. The summed E-state index contributed by atoms with van der Waals surface area (Å²) in [5.41, 5.74) is 9.29. The molecule has 0 aliphatic heterocycles. The Kier molecular flexibility index (Phi) is 1.96. The summed E-state index contributed by atoms with van der Waals surface area (Å²) in [5.74, 6) is 0. The van der Waals surface area contributed by atoms with Gasteiger partial charge in [-0.3, -0.25) is 4.98 Å². The van der Waals surface area contributed by atoms with E-state index in [-0.39, 0.29) is 0 Å². The zero-order chi connectivity index (χ0) is 10.1. The number of nitrogens with zero attached hydrogens (tertiary/aromatic N) is 3. The maximum absolute atomic E-state index is 5.72. The molecule has 0 saturated heterocycles. The van der Waals surface area contributed by atoms with Crippen molar-refractivity contribution >= 4 is 5.69 Å². The molecule has 2 aromatic heterocycles. The molecule has 2 aromatic rings. The highest BCUT2D eigenvalue weighted by Crippen LogP contribution is 2.16. The van der Waals surface area contributed by atoms with Crippen molar-refractivity contribution in [3.63, 3.8) is 0 Å². The molecule has 0 radical (unpaired) electrons. The van der Waals surface area contributed by atoms with Crippen LogP contribution < -0.4 is 5.73 Å². The molecule has 0 aromatic carbocycles. The number of hydrogen-bond donors (Lipinski definition) is 1. The zero-order valence-electron chi connectivity index (χ0n) is 8.23. The topological polar surface area (TPSA) is 56.7 Å². The van der Waals surface area contributed by atoms with Crippen LogP contribution in [0.2, 0.25) is 0 Å². The van der Waals surface area contributed by atoms with Crippen LogP contribution in [0.3, 0.4) is 0 Å². The highest BCUT2D eigenvalue weighted by atomic mass is 15.3. The molecule has 0 bridgehead atoms. The van der Waals surface area contributed by atoms with Crippen LogP contribution in [0, 0.1) is 13.8 Å². The van der Waals surface area contributed by atoms with E-state index < -0.39 is 0 Å². The lowest BCUT2D eigenvalue weighted by Crippen LogP contribution is -2.02. The standard InChI is InChI=1S/C10H12N4/c1-7-10(4-3-5-12-7)14-8(2)9(11)6-13-14/h3-6H,11H2,1-2H3. The van der Waals surface area contributed by atoms with E-state index >= 15 is 0 Å². The van der Waals surface area contributed by atoms with Crippen molar-refractivity contribution in [2.24, 2.45) is 0 Å². The number of aryl methyl sites for hydroxylation is 1. The van der Waals surface area contributed by atoms with Crippen LogP contribution in [0.25, 0.3) is 5.69 Å². The Labute approximate surface area is 82.4 Å². The molecule has 4 nitrogen and oxygen atoms in total. The summed E-state index contributed by atoms with van der Waals surface area (Å²) in [7, 11) is 0. The molecule has 0 aliphatic carbocycles. The van der Waals surface area contributed by atoms with Gasteiger partial charge in [0.15, 0.2) is 0 Å². The SMILES string of the molecule is Cc1ncccc1-n1ncc(N)c1C. The van der Waals surface area contributed by atoms with Gasteiger partial charge in [-0.25, -0.2) is 4.68 Å². The lowest BCUT2D eigenvalue weighted by atomic mass is 10.3. The smallest absolute Gasteiger partial charge is 0.0861 e. The first kappa shape index (κ1) is 8.74. The fourth-order valence-corrected chi connectivity index (χ4v) is 1.36. The predicted molar refractivity (Wildman–Crippen MR) is 55.2 cm³/mol. The van der Waals surface area contributed by atoms with Gasteiger partial charge >= 0.3 is 0 Å². The minimum absolute atomic E-state index is 0.702. The maximum Gasteiger partial charge on any atom is 0.0861 e. The normalized spacial score (nSPS) is 10.4. The number of nitrogens with two attached hydrogens (primary N) is 1. The number of hydrogen-bond acceptors (Lipinski definition) is 3. The highest BCUT2D eigenvalue weighted by molar-refractivity contribution is 5.46. The second-order valence-electron chi connectivity index (χ2n) is 3.21. The molecule has 0 unspecified atom stereocenters. The second kappa shape index (κ2) is 3.14. The van der Waals surface area contributed by atoms with Crippen molar-refractivity contribution in [1.29, 1.82) is 0 Å². The molecule has 0 saturated carbocycles. The van der Waals surface area contributed by atoms with E-state index in [0.29, 0.717) is 5.69 Å². The minimum Gasteiger partial charge on any atom is -0.396 e. The fourth-order valence-electron chi connectivity index (χ4n) is 1.36. The Bertz CT molecular complexity index is 459. The molecular formula is C10H12N4. The van der Waals surface area contributed by atoms with E-state index in [4.69, 9.17) is 5.73 Å². The average molecular weight is 188 g/mol. The van der Waals surface area contributed by atoms with Gasteiger partial charge in [0.2, 0.25) is 0 Å². The van der Waals surface area contributed by atoms with Crippen LogP contribution in [-0.4, -0.2) is 14.8 Å². The van der Waals surface area contributed by atoms with E-state index in [2.05, 4.69) is 10.1 Å². The van der Waals surface area contributed by atoms with Crippen LogP contribution >= 0.6 is 0 Å². The molecule has 4 heteroatoms. The lowest BCUT2D eigenvalue weighted by Gasteiger charge is -2.06. The summed E-state index contributed by atoms with van der Waals surface area (Å²) in [6.07, 6.45) is 3.42. The molecule has 0 aliphatic rings. The largest absolute Gasteiger partial charge is 0.396 e. The molecule has 0 amide bonds. The average Bonchev–Trinajstić information content (AvgIpc) is 2.49. The zero-order valence-corrected chi connectivity index (χ0v) is 8.23. The third kappa shape index (κ3) is 1.25. The first-order valence-corrected chi connectivity index (χ1v) is 4.42. The van der Waals surface area contributed by atoms with Crippen LogP contribution in [0.15, 0.2) is 24.5 Å². The van der Waals surface area contributed by atoms with Gasteiger partial charge in [0.1, 0.15) is 0 Å².